The van der Waals surface area contributed by atoms with Crippen LogP contribution in [0.3, 0.4) is 0 Å². The fourth-order valence-corrected chi connectivity index (χ4v) is 0.721. The lowest BCUT2D eigenvalue weighted by Crippen LogP contribution is -2.16. The maximum atomic E-state index is 7.35. The molecule has 11 heavy (non-hydrogen) atoms. The fourth-order valence-electron chi connectivity index (χ4n) is 0.721. The van der Waals surface area contributed by atoms with Crippen molar-refractivity contribution in [3.05, 3.63) is 30.2 Å². The SMILES string of the molecule is CC/C=C\n1cccnc1=N. The van der Waals surface area contributed by atoms with E-state index in [4.69, 9.17) is 5.41 Å². The summed E-state index contributed by atoms with van der Waals surface area (Å²) in [6, 6.07) is 1.80. The van der Waals surface area contributed by atoms with Crippen LogP contribution in [0.1, 0.15) is 13.3 Å². The Balaban J connectivity index is 2.95. The van der Waals surface area contributed by atoms with Crippen LogP contribution in [0.5, 0.6) is 0 Å². The number of aromatic nitrogens is 2. The molecule has 0 saturated heterocycles. The molecule has 1 N–H and O–H groups in total. The van der Waals surface area contributed by atoms with Gasteiger partial charge < -0.3 is 0 Å². The van der Waals surface area contributed by atoms with E-state index in [-0.39, 0.29) is 5.62 Å². The van der Waals surface area contributed by atoms with E-state index in [9.17, 15) is 0 Å². The van der Waals surface area contributed by atoms with Gasteiger partial charge in [-0.05, 0) is 12.5 Å². The molecule has 0 bridgehead atoms. The molecule has 58 valence electrons. The highest BCUT2D eigenvalue weighted by Gasteiger charge is 1.82. The monoisotopic (exact) mass is 149 g/mol. The fraction of sp³-hybridized carbons (Fsp3) is 0.250. The molecule has 0 fully saturated rings. The van der Waals surface area contributed by atoms with Crippen LogP contribution in [0.15, 0.2) is 24.5 Å². The zero-order chi connectivity index (χ0) is 8.10. The first kappa shape index (κ1) is 7.72. The number of nitrogens with one attached hydrogen (secondary N) is 1. The molecule has 3 nitrogen and oxygen atoms in total. The number of allylic oxidation sites excluding steroid dienone is 1. The van der Waals surface area contributed by atoms with E-state index in [1.807, 2.05) is 18.5 Å². The maximum Gasteiger partial charge on any atom is 0.225 e. The predicted octanol–water partition coefficient (Wildman–Crippen LogP) is 1.24. The van der Waals surface area contributed by atoms with E-state index < -0.39 is 0 Å². The van der Waals surface area contributed by atoms with E-state index >= 15 is 0 Å². The van der Waals surface area contributed by atoms with Crippen molar-refractivity contribution in [2.45, 2.75) is 13.3 Å². The number of rotatable bonds is 2. The first-order chi connectivity index (χ1) is 5.34. The summed E-state index contributed by atoms with van der Waals surface area (Å²) in [5.74, 6) is 0. The number of hydrogen-bond acceptors (Lipinski definition) is 2. The zero-order valence-corrected chi connectivity index (χ0v) is 6.49. The van der Waals surface area contributed by atoms with Gasteiger partial charge in [0, 0.05) is 18.6 Å². The molecular weight excluding hydrogens is 138 g/mol. The van der Waals surface area contributed by atoms with Gasteiger partial charge in [-0.3, -0.25) is 9.98 Å². The van der Waals surface area contributed by atoms with Crippen LogP contribution < -0.4 is 5.62 Å². The van der Waals surface area contributed by atoms with E-state index in [1.54, 1.807) is 16.8 Å². The van der Waals surface area contributed by atoms with Gasteiger partial charge in [-0.25, -0.2) is 4.98 Å². The molecule has 0 aliphatic rings. The lowest BCUT2D eigenvalue weighted by Gasteiger charge is -1.95. The van der Waals surface area contributed by atoms with Crippen molar-refractivity contribution in [3.63, 3.8) is 0 Å². The Bertz CT molecular complexity index is 298. The van der Waals surface area contributed by atoms with Crippen LogP contribution in [0.2, 0.25) is 0 Å². The van der Waals surface area contributed by atoms with Gasteiger partial charge in [0.1, 0.15) is 0 Å². The molecule has 1 rings (SSSR count). The molecule has 1 aromatic heterocycles. The quantitative estimate of drug-likeness (QED) is 0.675. The maximum absolute atomic E-state index is 7.35. The third-order valence-electron chi connectivity index (χ3n) is 1.28. The molecule has 0 aliphatic carbocycles. The van der Waals surface area contributed by atoms with Crippen molar-refractivity contribution in [2.75, 3.05) is 0 Å². The third kappa shape index (κ3) is 2.04. The van der Waals surface area contributed by atoms with Crippen LogP contribution in [-0.4, -0.2) is 9.55 Å². The largest absolute Gasteiger partial charge is 0.294 e. The summed E-state index contributed by atoms with van der Waals surface area (Å²) in [6.07, 6.45) is 8.22. The molecule has 3 heteroatoms. The van der Waals surface area contributed by atoms with E-state index in [2.05, 4.69) is 11.9 Å². The Morgan fingerprint density at radius 1 is 1.73 bits per heavy atom. The van der Waals surface area contributed by atoms with Gasteiger partial charge >= 0.3 is 0 Å². The molecular formula is C8H11N3. The van der Waals surface area contributed by atoms with E-state index in [1.165, 1.54) is 0 Å². The highest BCUT2D eigenvalue weighted by atomic mass is 15.0. The minimum absolute atomic E-state index is 0.261. The van der Waals surface area contributed by atoms with Crippen LogP contribution in [0.25, 0.3) is 6.20 Å². The minimum atomic E-state index is 0.261. The van der Waals surface area contributed by atoms with Crippen molar-refractivity contribution < 1.29 is 0 Å². The zero-order valence-electron chi connectivity index (χ0n) is 6.49. The van der Waals surface area contributed by atoms with Crippen molar-refractivity contribution in [1.82, 2.24) is 9.55 Å². The first-order valence-corrected chi connectivity index (χ1v) is 3.59. The van der Waals surface area contributed by atoms with Gasteiger partial charge in [-0.2, -0.15) is 0 Å². The van der Waals surface area contributed by atoms with Crippen molar-refractivity contribution in [3.8, 4) is 0 Å². The molecule has 1 aromatic rings. The standard InChI is InChI=1S/C8H11N3/c1-2-3-6-11-7-4-5-10-8(11)9/h3-7,9H,2H2,1H3/b6-3-,9-8?. The Labute approximate surface area is 65.5 Å². The average Bonchev–Trinajstić information content (AvgIpc) is 2.03. The average molecular weight is 149 g/mol. The molecule has 0 amide bonds. The van der Waals surface area contributed by atoms with Gasteiger partial charge in [-0.15, -0.1) is 0 Å². The summed E-state index contributed by atoms with van der Waals surface area (Å²) in [7, 11) is 0. The predicted molar refractivity (Wildman–Crippen MR) is 43.7 cm³/mol. The van der Waals surface area contributed by atoms with Crippen molar-refractivity contribution in [1.29, 1.82) is 5.41 Å². The van der Waals surface area contributed by atoms with Gasteiger partial charge in [0.15, 0.2) is 0 Å². The van der Waals surface area contributed by atoms with Crippen LogP contribution in [-0.2, 0) is 0 Å². The highest BCUT2D eigenvalue weighted by Crippen LogP contribution is 1.83. The van der Waals surface area contributed by atoms with E-state index in [0.717, 1.165) is 6.42 Å². The summed E-state index contributed by atoms with van der Waals surface area (Å²) in [5.41, 5.74) is 0.261. The van der Waals surface area contributed by atoms with Gasteiger partial charge in [-0.1, -0.05) is 13.0 Å². The first-order valence-electron chi connectivity index (χ1n) is 3.59. The molecule has 1 heterocycles. The van der Waals surface area contributed by atoms with E-state index in [0.29, 0.717) is 0 Å². The number of nitrogens with zero attached hydrogens (tertiary/aromatic N) is 2. The Kier molecular flexibility index (Phi) is 2.60. The van der Waals surface area contributed by atoms with Gasteiger partial charge in [0.05, 0.1) is 0 Å². The Morgan fingerprint density at radius 2 is 2.55 bits per heavy atom. The normalized spacial score (nSPS) is 10.6. The summed E-state index contributed by atoms with van der Waals surface area (Å²) in [4.78, 5) is 3.81. The molecule has 0 aromatic carbocycles. The third-order valence-corrected chi connectivity index (χ3v) is 1.28. The minimum Gasteiger partial charge on any atom is -0.294 e. The topological polar surface area (TPSA) is 41.7 Å². The second-order valence-electron chi connectivity index (χ2n) is 2.14. The summed E-state index contributed by atoms with van der Waals surface area (Å²) in [6.45, 7) is 2.05. The molecule has 0 saturated carbocycles. The smallest absolute Gasteiger partial charge is 0.225 e. The Hall–Kier alpha value is -1.38. The lowest BCUT2D eigenvalue weighted by atomic mass is 10.5. The summed E-state index contributed by atoms with van der Waals surface area (Å²) in [5, 5.41) is 7.35. The second kappa shape index (κ2) is 3.71. The number of hydrogen-bond donors (Lipinski definition) is 1. The molecule has 0 aliphatic heterocycles. The van der Waals surface area contributed by atoms with Crippen LogP contribution >= 0.6 is 0 Å². The van der Waals surface area contributed by atoms with Crippen LogP contribution in [0.4, 0.5) is 0 Å². The van der Waals surface area contributed by atoms with Crippen molar-refractivity contribution >= 4 is 6.20 Å². The Morgan fingerprint density at radius 3 is 3.18 bits per heavy atom. The summed E-state index contributed by atoms with van der Waals surface area (Å²) >= 11 is 0. The van der Waals surface area contributed by atoms with Gasteiger partial charge in [0.25, 0.3) is 0 Å². The van der Waals surface area contributed by atoms with Crippen molar-refractivity contribution in [2.24, 2.45) is 0 Å². The van der Waals surface area contributed by atoms with Gasteiger partial charge in [0.2, 0.25) is 5.62 Å². The lowest BCUT2D eigenvalue weighted by molar-refractivity contribution is 0.879. The van der Waals surface area contributed by atoms with Crippen LogP contribution in [0, 0.1) is 5.41 Å². The highest BCUT2D eigenvalue weighted by molar-refractivity contribution is 5.19. The summed E-state index contributed by atoms with van der Waals surface area (Å²) < 4.78 is 1.67. The molecule has 0 radical (unpaired) electrons. The molecule has 0 spiro atoms. The second-order valence-corrected chi connectivity index (χ2v) is 2.14. The molecule has 0 unspecified atom stereocenters. The molecule has 0 atom stereocenters.